The minimum atomic E-state index is -0.457. The average molecular weight is 250 g/mol. The van der Waals surface area contributed by atoms with E-state index in [1.165, 1.54) is 0 Å². The first-order valence-electron chi connectivity index (χ1n) is 6.19. The van der Waals surface area contributed by atoms with Crippen molar-refractivity contribution in [2.24, 2.45) is 0 Å². The van der Waals surface area contributed by atoms with Gasteiger partial charge in [-0.05, 0) is 46.8 Å². The van der Waals surface area contributed by atoms with E-state index in [0.29, 0.717) is 0 Å². The average Bonchev–Trinajstić information content (AvgIpc) is 2.27. The number of nitrogens with zero attached hydrogens (tertiary/aromatic N) is 1. The third-order valence-corrected chi connectivity index (χ3v) is 2.39. The standard InChI is InChI=1S/C14H22N2O2/c1-10(12-8-6-7-9-15-12)16-11(2)13(17)18-14(3,4)5/h6-11,16H,1-5H3. The molecule has 1 heterocycles. The zero-order chi connectivity index (χ0) is 13.8. The summed E-state index contributed by atoms with van der Waals surface area (Å²) in [5, 5.41) is 3.18. The van der Waals surface area contributed by atoms with Crippen molar-refractivity contribution in [3.63, 3.8) is 0 Å². The lowest BCUT2D eigenvalue weighted by Gasteiger charge is -2.24. The third-order valence-electron chi connectivity index (χ3n) is 2.39. The highest BCUT2D eigenvalue weighted by Crippen LogP contribution is 2.12. The highest BCUT2D eigenvalue weighted by atomic mass is 16.6. The minimum absolute atomic E-state index is 0.00807. The Kier molecular flexibility index (Phi) is 4.84. The Labute approximate surface area is 109 Å². The van der Waals surface area contributed by atoms with Crippen molar-refractivity contribution in [3.8, 4) is 0 Å². The molecule has 0 spiro atoms. The number of nitrogens with one attached hydrogen (secondary N) is 1. The summed E-state index contributed by atoms with van der Waals surface area (Å²) < 4.78 is 5.31. The number of rotatable bonds is 4. The second kappa shape index (κ2) is 5.96. The van der Waals surface area contributed by atoms with E-state index in [1.54, 1.807) is 13.1 Å². The van der Waals surface area contributed by atoms with Crippen LogP contribution >= 0.6 is 0 Å². The summed E-state index contributed by atoms with van der Waals surface area (Å²) in [5.74, 6) is -0.245. The molecule has 0 fully saturated rings. The number of ether oxygens (including phenoxy) is 1. The molecule has 0 aliphatic rings. The number of aromatic nitrogens is 1. The van der Waals surface area contributed by atoms with E-state index in [0.717, 1.165) is 5.69 Å². The van der Waals surface area contributed by atoms with Gasteiger partial charge in [0.05, 0.1) is 5.69 Å². The van der Waals surface area contributed by atoms with Crippen molar-refractivity contribution < 1.29 is 9.53 Å². The molecule has 0 saturated carbocycles. The molecular weight excluding hydrogens is 228 g/mol. The lowest BCUT2D eigenvalue weighted by molar-refractivity contribution is -0.157. The molecule has 0 aliphatic carbocycles. The summed E-state index contributed by atoms with van der Waals surface area (Å²) in [4.78, 5) is 16.1. The molecule has 1 rings (SSSR count). The Bertz CT molecular complexity index is 385. The molecule has 0 radical (unpaired) electrons. The van der Waals surface area contributed by atoms with Crippen LogP contribution in [0.3, 0.4) is 0 Å². The van der Waals surface area contributed by atoms with Gasteiger partial charge in [0.1, 0.15) is 11.6 Å². The van der Waals surface area contributed by atoms with Gasteiger partial charge in [0.2, 0.25) is 0 Å². The molecule has 0 aliphatic heterocycles. The van der Waals surface area contributed by atoms with Crippen LogP contribution in [0.5, 0.6) is 0 Å². The van der Waals surface area contributed by atoms with Crippen molar-refractivity contribution >= 4 is 5.97 Å². The summed E-state index contributed by atoms with van der Waals surface area (Å²) in [6.07, 6.45) is 1.74. The molecule has 1 aromatic heterocycles. The molecule has 18 heavy (non-hydrogen) atoms. The summed E-state index contributed by atoms with van der Waals surface area (Å²) in [7, 11) is 0. The van der Waals surface area contributed by atoms with Crippen molar-refractivity contribution in [2.45, 2.75) is 52.3 Å². The van der Waals surface area contributed by atoms with Gasteiger partial charge in [-0.1, -0.05) is 6.07 Å². The van der Waals surface area contributed by atoms with Crippen LogP contribution in [-0.2, 0) is 9.53 Å². The van der Waals surface area contributed by atoms with Crippen molar-refractivity contribution in [1.29, 1.82) is 0 Å². The Balaban J connectivity index is 2.55. The highest BCUT2D eigenvalue weighted by Gasteiger charge is 2.23. The number of pyridine rings is 1. The Morgan fingerprint density at radius 2 is 2.00 bits per heavy atom. The first kappa shape index (κ1) is 14.6. The molecule has 0 saturated heterocycles. The highest BCUT2D eigenvalue weighted by molar-refractivity contribution is 5.75. The van der Waals surface area contributed by atoms with Crippen LogP contribution in [0.15, 0.2) is 24.4 Å². The number of carbonyl (C=O) groups excluding carboxylic acids is 1. The van der Waals surface area contributed by atoms with Crippen LogP contribution in [0.25, 0.3) is 0 Å². The van der Waals surface area contributed by atoms with E-state index in [9.17, 15) is 4.79 Å². The number of carbonyl (C=O) groups is 1. The predicted octanol–water partition coefficient (Wildman–Crippen LogP) is 2.46. The maximum absolute atomic E-state index is 11.8. The lowest BCUT2D eigenvalue weighted by atomic mass is 10.1. The van der Waals surface area contributed by atoms with Crippen LogP contribution in [0, 0.1) is 0 Å². The second-order valence-corrected chi connectivity index (χ2v) is 5.40. The van der Waals surface area contributed by atoms with Gasteiger partial charge in [0.25, 0.3) is 0 Å². The zero-order valence-electron chi connectivity index (χ0n) is 11.7. The van der Waals surface area contributed by atoms with Gasteiger partial charge in [-0.2, -0.15) is 0 Å². The summed E-state index contributed by atoms with van der Waals surface area (Å²) in [5.41, 5.74) is 0.453. The predicted molar refractivity (Wildman–Crippen MR) is 71.1 cm³/mol. The van der Waals surface area contributed by atoms with E-state index >= 15 is 0 Å². The monoisotopic (exact) mass is 250 g/mol. The fourth-order valence-corrected chi connectivity index (χ4v) is 1.55. The molecule has 2 atom stereocenters. The largest absolute Gasteiger partial charge is 0.459 e. The molecule has 4 heteroatoms. The Morgan fingerprint density at radius 3 is 2.50 bits per heavy atom. The van der Waals surface area contributed by atoms with Gasteiger partial charge in [0.15, 0.2) is 0 Å². The summed E-state index contributed by atoms with van der Waals surface area (Å²) in [6.45, 7) is 9.36. The third kappa shape index (κ3) is 4.84. The van der Waals surface area contributed by atoms with E-state index < -0.39 is 5.60 Å². The van der Waals surface area contributed by atoms with Gasteiger partial charge < -0.3 is 4.74 Å². The number of hydrogen-bond acceptors (Lipinski definition) is 4. The van der Waals surface area contributed by atoms with Crippen LogP contribution in [0.2, 0.25) is 0 Å². The van der Waals surface area contributed by atoms with Crippen LogP contribution in [-0.4, -0.2) is 22.6 Å². The molecule has 0 bridgehead atoms. The fraction of sp³-hybridized carbons (Fsp3) is 0.571. The fourth-order valence-electron chi connectivity index (χ4n) is 1.55. The molecule has 4 nitrogen and oxygen atoms in total. The molecule has 2 unspecified atom stereocenters. The van der Waals surface area contributed by atoms with Gasteiger partial charge in [-0.15, -0.1) is 0 Å². The van der Waals surface area contributed by atoms with Crippen LogP contribution in [0.1, 0.15) is 46.4 Å². The topological polar surface area (TPSA) is 51.2 Å². The number of esters is 1. The first-order valence-corrected chi connectivity index (χ1v) is 6.19. The molecule has 1 aromatic rings. The van der Waals surface area contributed by atoms with E-state index in [-0.39, 0.29) is 18.1 Å². The van der Waals surface area contributed by atoms with Gasteiger partial charge in [-0.25, -0.2) is 0 Å². The van der Waals surface area contributed by atoms with Gasteiger partial charge >= 0.3 is 5.97 Å². The van der Waals surface area contributed by atoms with Crippen LogP contribution < -0.4 is 5.32 Å². The van der Waals surface area contributed by atoms with Crippen molar-refractivity contribution in [2.75, 3.05) is 0 Å². The maximum Gasteiger partial charge on any atom is 0.323 e. The zero-order valence-corrected chi connectivity index (χ0v) is 11.7. The Hall–Kier alpha value is -1.42. The van der Waals surface area contributed by atoms with Crippen molar-refractivity contribution in [3.05, 3.63) is 30.1 Å². The SMILES string of the molecule is CC(NC(C)c1ccccn1)C(=O)OC(C)(C)C. The lowest BCUT2D eigenvalue weighted by Crippen LogP contribution is -2.40. The number of hydrogen-bond donors (Lipinski definition) is 1. The molecule has 0 aromatic carbocycles. The molecule has 0 amide bonds. The van der Waals surface area contributed by atoms with Gasteiger partial charge in [0, 0.05) is 12.2 Å². The smallest absolute Gasteiger partial charge is 0.323 e. The van der Waals surface area contributed by atoms with E-state index in [4.69, 9.17) is 4.74 Å². The maximum atomic E-state index is 11.8. The van der Waals surface area contributed by atoms with Gasteiger partial charge in [-0.3, -0.25) is 15.1 Å². The summed E-state index contributed by atoms with van der Waals surface area (Å²) >= 11 is 0. The summed E-state index contributed by atoms with van der Waals surface area (Å²) in [6, 6.07) is 5.38. The van der Waals surface area contributed by atoms with E-state index in [2.05, 4.69) is 10.3 Å². The normalized spacial score (nSPS) is 14.9. The van der Waals surface area contributed by atoms with E-state index in [1.807, 2.05) is 45.9 Å². The molecular formula is C14H22N2O2. The Morgan fingerprint density at radius 1 is 1.33 bits per heavy atom. The van der Waals surface area contributed by atoms with Crippen molar-refractivity contribution in [1.82, 2.24) is 10.3 Å². The first-order chi connectivity index (χ1) is 8.29. The molecule has 1 N–H and O–H groups in total. The van der Waals surface area contributed by atoms with Crippen LogP contribution in [0.4, 0.5) is 0 Å². The second-order valence-electron chi connectivity index (χ2n) is 5.40. The molecule has 100 valence electrons. The quantitative estimate of drug-likeness (QED) is 0.834. The minimum Gasteiger partial charge on any atom is -0.459 e.